The van der Waals surface area contributed by atoms with Gasteiger partial charge in [-0.3, -0.25) is 4.98 Å². The molecule has 0 bridgehead atoms. The SMILES string of the molecule is CCCCc1c(C(CC)CC)cnc(C)c1CCC. The predicted molar refractivity (Wildman–Crippen MR) is 84.9 cm³/mol. The first-order valence-electron chi connectivity index (χ1n) is 8.16. The van der Waals surface area contributed by atoms with Gasteiger partial charge in [-0.15, -0.1) is 0 Å². The lowest BCUT2D eigenvalue weighted by atomic mass is 9.85. The highest BCUT2D eigenvalue weighted by molar-refractivity contribution is 5.38. The molecule has 0 spiro atoms. The van der Waals surface area contributed by atoms with E-state index in [1.807, 2.05) is 0 Å². The molecule has 0 atom stereocenters. The van der Waals surface area contributed by atoms with Crippen LogP contribution in [0.25, 0.3) is 0 Å². The molecule has 0 aliphatic heterocycles. The molecule has 19 heavy (non-hydrogen) atoms. The standard InChI is InChI=1S/C18H31N/c1-6-10-12-17-16(11-7-2)14(5)19-13-18(17)15(8-3)9-4/h13,15H,6-12H2,1-5H3. The van der Waals surface area contributed by atoms with Crippen molar-refractivity contribution in [3.05, 3.63) is 28.6 Å². The monoisotopic (exact) mass is 261 g/mol. The molecule has 1 rings (SSSR count). The predicted octanol–water partition coefficient (Wildman–Crippen LogP) is 5.59. The summed E-state index contributed by atoms with van der Waals surface area (Å²) in [7, 11) is 0. The number of unbranched alkanes of at least 4 members (excludes halogenated alkanes) is 1. The van der Waals surface area contributed by atoms with Crippen molar-refractivity contribution < 1.29 is 0 Å². The summed E-state index contributed by atoms with van der Waals surface area (Å²) in [5.41, 5.74) is 5.96. The zero-order valence-electron chi connectivity index (χ0n) is 13.6. The fraction of sp³-hybridized carbons (Fsp3) is 0.722. The lowest BCUT2D eigenvalue weighted by Gasteiger charge is -2.21. The van der Waals surface area contributed by atoms with Crippen molar-refractivity contribution in [2.24, 2.45) is 0 Å². The topological polar surface area (TPSA) is 12.9 Å². The van der Waals surface area contributed by atoms with Crippen molar-refractivity contribution in [3.8, 4) is 0 Å². The van der Waals surface area contributed by atoms with Crippen LogP contribution in [0.15, 0.2) is 6.20 Å². The Morgan fingerprint density at radius 3 is 2.16 bits per heavy atom. The molecule has 108 valence electrons. The van der Waals surface area contributed by atoms with E-state index in [9.17, 15) is 0 Å². The van der Waals surface area contributed by atoms with Gasteiger partial charge in [0.1, 0.15) is 0 Å². The van der Waals surface area contributed by atoms with E-state index in [4.69, 9.17) is 0 Å². The molecule has 0 aliphatic carbocycles. The Balaban J connectivity index is 3.23. The maximum absolute atomic E-state index is 4.68. The second kappa shape index (κ2) is 8.35. The number of rotatable bonds is 8. The van der Waals surface area contributed by atoms with E-state index in [1.165, 1.54) is 56.2 Å². The molecule has 1 aromatic rings. The average Bonchev–Trinajstić information content (AvgIpc) is 2.42. The number of hydrogen-bond acceptors (Lipinski definition) is 1. The minimum absolute atomic E-state index is 0.690. The Bertz CT molecular complexity index is 378. The quantitative estimate of drug-likeness (QED) is 0.594. The Labute approximate surface area is 119 Å². The minimum atomic E-state index is 0.690. The fourth-order valence-corrected chi connectivity index (χ4v) is 3.03. The third kappa shape index (κ3) is 4.06. The van der Waals surface area contributed by atoms with Crippen LogP contribution in [0.4, 0.5) is 0 Å². The lowest BCUT2D eigenvalue weighted by Crippen LogP contribution is -2.09. The first-order chi connectivity index (χ1) is 9.19. The number of nitrogens with zero attached hydrogens (tertiary/aromatic N) is 1. The van der Waals surface area contributed by atoms with Gasteiger partial charge in [0.15, 0.2) is 0 Å². The fourth-order valence-electron chi connectivity index (χ4n) is 3.03. The third-order valence-electron chi connectivity index (χ3n) is 4.25. The average molecular weight is 261 g/mol. The normalized spacial score (nSPS) is 11.3. The Morgan fingerprint density at radius 2 is 1.63 bits per heavy atom. The van der Waals surface area contributed by atoms with Gasteiger partial charge in [0.2, 0.25) is 0 Å². The highest BCUT2D eigenvalue weighted by atomic mass is 14.7. The van der Waals surface area contributed by atoms with Crippen LogP contribution in [0, 0.1) is 6.92 Å². The molecule has 0 N–H and O–H groups in total. The van der Waals surface area contributed by atoms with E-state index in [1.54, 1.807) is 11.1 Å². The molecule has 0 radical (unpaired) electrons. The number of pyridine rings is 1. The summed E-state index contributed by atoms with van der Waals surface area (Å²) in [6.45, 7) is 11.3. The number of aryl methyl sites for hydroxylation is 1. The van der Waals surface area contributed by atoms with E-state index in [0.29, 0.717) is 5.92 Å². The van der Waals surface area contributed by atoms with Crippen LogP contribution < -0.4 is 0 Å². The summed E-state index contributed by atoms with van der Waals surface area (Å²) in [6.07, 6.45) is 10.8. The summed E-state index contributed by atoms with van der Waals surface area (Å²) < 4.78 is 0. The van der Waals surface area contributed by atoms with E-state index < -0.39 is 0 Å². The smallest absolute Gasteiger partial charge is 0.0407 e. The molecule has 1 nitrogen and oxygen atoms in total. The number of hydrogen-bond donors (Lipinski definition) is 0. The molecular weight excluding hydrogens is 230 g/mol. The molecule has 1 heterocycles. The maximum Gasteiger partial charge on any atom is 0.0407 e. The van der Waals surface area contributed by atoms with Gasteiger partial charge in [-0.2, -0.15) is 0 Å². The zero-order valence-corrected chi connectivity index (χ0v) is 13.6. The molecule has 0 saturated carbocycles. The van der Waals surface area contributed by atoms with E-state index in [-0.39, 0.29) is 0 Å². The summed E-state index contributed by atoms with van der Waals surface area (Å²) in [5, 5.41) is 0. The highest BCUT2D eigenvalue weighted by Crippen LogP contribution is 2.30. The molecule has 0 aliphatic rings. The van der Waals surface area contributed by atoms with Crippen molar-refractivity contribution in [2.45, 2.75) is 85.5 Å². The minimum Gasteiger partial charge on any atom is -0.261 e. The van der Waals surface area contributed by atoms with E-state index in [2.05, 4.69) is 45.8 Å². The van der Waals surface area contributed by atoms with E-state index >= 15 is 0 Å². The Hall–Kier alpha value is -0.850. The number of aromatic nitrogens is 1. The first kappa shape index (κ1) is 16.2. The largest absolute Gasteiger partial charge is 0.261 e. The van der Waals surface area contributed by atoms with Gasteiger partial charge in [0.05, 0.1) is 0 Å². The lowest BCUT2D eigenvalue weighted by molar-refractivity contribution is 0.623. The summed E-state index contributed by atoms with van der Waals surface area (Å²) >= 11 is 0. The molecule has 0 saturated heterocycles. The van der Waals surface area contributed by atoms with Crippen LogP contribution in [0.3, 0.4) is 0 Å². The van der Waals surface area contributed by atoms with Gasteiger partial charge in [-0.05, 0) is 61.6 Å². The summed E-state index contributed by atoms with van der Waals surface area (Å²) in [4.78, 5) is 4.68. The summed E-state index contributed by atoms with van der Waals surface area (Å²) in [6, 6.07) is 0. The molecule has 0 unspecified atom stereocenters. The van der Waals surface area contributed by atoms with Gasteiger partial charge in [0.25, 0.3) is 0 Å². The zero-order chi connectivity index (χ0) is 14.3. The van der Waals surface area contributed by atoms with Crippen molar-refractivity contribution in [3.63, 3.8) is 0 Å². The Morgan fingerprint density at radius 1 is 0.947 bits per heavy atom. The van der Waals surface area contributed by atoms with Gasteiger partial charge in [-0.1, -0.05) is 40.5 Å². The van der Waals surface area contributed by atoms with Crippen LogP contribution in [-0.4, -0.2) is 4.98 Å². The second-order valence-corrected chi connectivity index (χ2v) is 5.62. The van der Waals surface area contributed by atoms with Crippen molar-refractivity contribution in [2.75, 3.05) is 0 Å². The van der Waals surface area contributed by atoms with Crippen LogP contribution in [0.1, 0.15) is 88.1 Å². The van der Waals surface area contributed by atoms with Crippen LogP contribution >= 0.6 is 0 Å². The molecule has 0 fully saturated rings. The molecule has 1 aromatic heterocycles. The molecular formula is C18H31N. The van der Waals surface area contributed by atoms with Crippen molar-refractivity contribution in [1.29, 1.82) is 0 Å². The van der Waals surface area contributed by atoms with Crippen LogP contribution in [0.2, 0.25) is 0 Å². The first-order valence-corrected chi connectivity index (χ1v) is 8.16. The molecule has 0 amide bonds. The van der Waals surface area contributed by atoms with Crippen LogP contribution in [0.5, 0.6) is 0 Å². The Kier molecular flexibility index (Phi) is 7.12. The highest BCUT2D eigenvalue weighted by Gasteiger charge is 2.17. The van der Waals surface area contributed by atoms with Gasteiger partial charge < -0.3 is 0 Å². The third-order valence-corrected chi connectivity index (χ3v) is 4.25. The molecule has 1 heteroatoms. The second-order valence-electron chi connectivity index (χ2n) is 5.62. The molecule has 0 aromatic carbocycles. The van der Waals surface area contributed by atoms with Gasteiger partial charge in [-0.25, -0.2) is 0 Å². The van der Waals surface area contributed by atoms with Gasteiger partial charge in [0, 0.05) is 11.9 Å². The summed E-state index contributed by atoms with van der Waals surface area (Å²) in [5.74, 6) is 0.690. The van der Waals surface area contributed by atoms with Gasteiger partial charge >= 0.3 is 0 Å². The van der Waals surface area contributed by atoms with Crippen molar-refractivity contribution >= 4 is 0 Å². The van der Waals surface area contributed by atoms with E-state index in [0.717, 1.165) is 0 Å². The maximum atomic E-state index is 4.68. The van der Waals surface area contributed by atoms with Crippen molar-refractivity contribution in [1.82, 2.24) is 4.98 Å². The van der Waals surface area contributed by atoms with Crippen LogP contribution in [-0.2, 0) is 12.8 Å².